The van der Waals surface area contributed by atoms with E-state index in [1.165, 1.54) is 10.8 Å². The van der Waals surface area contributed by atoms with Gasteiger partial charge in [-0.15, -0.1) is 5.56 Å². The third-order valence-corrected chi connectivity index (χ3v) is 2.85. The number of pyridine rings is 1. The molecule has 3 aromatic rings. The molecule has 0 spiro atoms. The summed E-state index contributed by atoms with van der Waals surface area (Å²) in [4.78, 5) is 4.10. The van der Waals surface area contributed by atoms with Gasteiger partial charge in [0.2, 0.25) is 0 Å². The fourth-order valence-electron chi connectivity index (χ4n) is 2.01. The molecule has 8 heteroatoms. The SMILES string of the molecule is Cc1cc(C(F)c2cc[c-]cc2)n2ncnc2c1.F[C-](F)I.[U]. The van der Waals surface area contributed by atoms with Crippen LogP contribution >= 0.6 is 22.6 Å². The quantitative estimate of drug-likeness (QED) is 0.296. The maximum Gasteiger partial charge on any atom is 0.155 e. The Labute approximate surface area is 169 Å². The summed E-state index contributed by atoms with van der Waals surface area (Å²) in [6.45, 7) is 1.92. The third-order valence-electron chi connectivity index (χ3n) is 2.85. The van der Waals surface area contributed by atoms with E-state index in [4.69, 9.17) is 0 Å². The van der Waals surface area contributed by atoms with Gasteiger partial charge in [-0.25, -0.2) is 36.5 Å². The minimum atomic E-state index is -1.61. The van der Waals surface area contributed by atoms with Gasteiger partial charge in [0.1, 0.15) is 12.5 Å². The first kappa shape index (κ1) is 20.5. The standard InChI is InChI=1S/C14H11FN3.CF2I.U/c1-10-7-12(18-13(8-10)16-9-17-18)14(15)11-5-3-2-4-6-11;2-1(3)4;/h3-9,14H,1H3;;/q2*-1;. The maximum atomic E-state index is 14.6. The number of benzene rings is 1. The first-order valence-electron chi connectivity index (χ1n) is 6.23. The topological polar surface area (TPSA) is 30.2 Å². The van der Waals surface area contributed by atoms with Gasteiger partial charge in [0, 0.05) is 31.1 Å². The first-order valence-corrected chi connectivity index (χ1v) is 7.30. The molecule has 23 heavy (non-hydrogen) atoms. The zero-order valence-corrected chi connectivity index (χ0v) is 18.3. The van der Waals surface area contributed by atoms with E-state index in [1.807, 2.05) is 13.0 Å². The van der Waals surface area contributed by atoms with Gasteiger partial charge in [0.25, 0.3) is 0 Å². The van der Waals surface area contributed by atoms with Gasteiger partial charge in [0.05, 0.1) is 10.1 Å². The molecule has 0 radical (unpaired) electrons. The van der Waals surface area contributed by atoms with Gasteiger partial charge in [-0.05, 0) is 24.6 Å². The van der Waals surface area contributed by atoms with Crippen molar-refractivity contribution in [2.45, 2.75) is 13.1 Å². The van der Waals surface area contributed by atoms with Crippen LogP contribution in [-0.2, 0) is 0 Å². The van der Waals surface area contributed by atoms with Gasteiger partial charge in [-0.1, -0.05) is 0 Å². The van der Waals surface area contributed by atoms with Crippen molar-refractivity contribution < 1.29 is 44.3 Å². The van der Waals surface area contributed by atoms with Crippen molar-refractivity contribution in [3.63, 3.8) is 0 Å². The molecular formula is C15H11F3IN3U-2. The van der Waals surface area contributed by atoms with E-state index in [-0.39, 0.29) is 31.1 Å². The molecule has 0 N–H and O–H groups in total. The van der Waals surface area contributed by atoms with Crippen LogP contribution in [-0.4, -0.2) is 14.6 Å². The van der Waals surface area contributed by atoms with Gasteiger partial charge in [-0.2, -0.15) is 35.4 Å². The van der Waals surface area contributed by atoms with Gasteiger partial charge < -0.3 is 8.78 Å². The zero-order chi connectivity index (χ0) is 16.1. The van der Waals surface area contributed by atoms with E-state index >= 15 is 0 Å². The molecule has 0 saturated carbocycles. The molecule has 1 atom stereocenters. The van der Waals surface area contributed by atoms with Crippen LogP contribution < -0.4 is 0 Å². The number of nitrogens with zero attached hydrogens (tertiary/aromatic N) is 3. The maximum absolute atomic E-state index is 14.6. The number of halogens is 4. The first-order chi connectivity index (χ1) is 10.5. The second-order valence-electron chi connectivity index (χ2n) is 4.40. The van der Waals surface area contributed by atoms with Crippen molar-refractivity contribution in [3.8, 4) is 0 Å². The van der Waals surface area contributed by atoms with Crippen molar-refractivity contribution in [1.82, 2.24) is 14.6 Å². The van der Waals surface area contributed by atoms with E-state index < -0.39 is 10.6 Å². The Balaban J connectivity index is 0.000000478. The zero-order valence-electron chi connectivity index (χ0n) is 12.0. The largest absolute Gasteiger partial charge is 0.409 e. The third kappa shape index (κ3) is 5.76. The number of hydrogen-bond donors (Lipinski definition) is 0. The second kappa shape index (κ2) is 9.65. The molecule has 2 aromatic heterocycles. The van der Waals surface area contributed by atoms with Crippen LogP contribution in [0.25, 0.3) is 5.65 Å². The van der Waals surface area contributed by atoms with Crippen LogP contribution in [0.2, 0.25) is 0 Å². The number of aryl methyl sites for hydroxylation is 1. The number of rotatable bonds is 2. The number of hydrogen-bond acceptors (Lipinski definition) is 2. The molecular weight excluding hydrogens is 644 g/mol. The normalized spacial score (nSPS) is 11.6. The smallest absolute Gasteiger partial charge is 0.155 e. The van der Waals surface area contributed by atoms with Crippen LogP contribution in [0.15, 0.2) is 42.7 Å². The molecule has 0 aliphatic rings. The molecule has 0 saturated heterocycles. The van der Waals surface area contributed by atoms with E-state index in [0.29, 0.717) is 16.9 Å². The summed E-state index contributed by atoms with van der Waals surface area (Å²) in [7, 11) is 0. The predicted molar refractivity (Wildman–Crippen MR) is 85.4 cm³/mol. The number of fused-ring (bicyclic) bond motifs is 1. The predicted octanol–water partition coefficient (Wildman–Crippen LogP) is 4.70. The Kier molecular flexibility index (Phi) is 8.58. The summed E-state index contributed by atoms with van der Waals surface area (Å²) in [5, 5.41) is 4.06. The Morgan fingerprint density at radius 3 is 2.48 bits per heavy atom. The second-order valence-corrected chi connectivity index (χ2v) is 5.21. The Hall–Kier alpha value is -0.588. The average Bonchev–Trinajstić information content (AvgIpc) is 2.94. The van der Waals surface area contributed by atoms with Crippen LogP contribution in [0, 0.1) is 48.5 Å². The Morgan fingerprint density at radius 2 is 1.87 bits per heavy atom. The molecule has 3 rings (SSSR count). The summed E-state index contributed by atoms with van der Waals surface area (Å²) in [6.07, 6.45) is 0.215. The molecule has 0 bridgehead atoms. The van der Waals surface area contributed by atoms with Gasteiger partial charge in [-0.3, -0.25) is 0 Å². The van der Waals surface area contributed by atoms with Crippen molar-refractivity contribution in [2.24, 2.45) is 0 Å². The van der Waals surface area contributed by atoms with Crippen molar-refractivity contribution in [3.05, 3.63) is 70.0 Å². The molecule has 0 aliphatic heterocycles. The number of alkyl halides is 1. The molecule has 1 unspecified atom stereocenters. The molecule has 2 heterocycles. The van der Waals surface area contributed by atoms with Gasteiger partial charge in [0.15, 0.2) is 5.65 Å². The fraction of sp³-hybridized carbons (Fsp3) is 0.133. The van der Waals surface area contributed by atoms with Crippen molar-refractivity contribution in [2.75, 3.05) is 0 Å². The number of aromatic nitrogens is 3. The molecule has 1 aromatic carbocycles. The Bertz CT molecular complexity index is 734. The molecule has 0 fully saturated rings. The van der Waals surface area contributed by atoms with E-state index in [9.17, 15) is 13.2 Å². The summed E-state index contributed by atoms with van der Waals surface area (Å²) in [6, 6.07) is 13.4. The molecule has 120 valence electrons. The van der Waals surface area contributed by atoms with E-state index in [1.54, 1.807) is 30.3 Å². The van der Waals surface area contributed by atoms with Gasteiger partial charge >= 0.3 is 0 Å². The fourth-order valence-corrected chi connectivity index (χ4v) is 2.01. The summed E-state index contributed by atoms with van der Waals surface area (Å²) >= 11 is 0.927. The van der Waals surface area contributed by atoms with Crippen LogP contribution in [0.4, 0.5) is 13.2 Å². The summed E-state index contributed by atoms with van der Waals surface area (Å²) in [5.74, 6) is 0. The van der Waals surface area contributed by atoms with E-state index in [0.717, 1.165) is 28.2 Å². The minimum absolute atomic E-state index is 0. The van der Waals surface area contributed by atoms with Crippen molar-refractivity contribution in [1.29, 1.82) is 0 Å². The molecule has 0 aliphatic carbocycles. The molecule has 0 amide bonds. The summed E-state index contributed by atoms with van der Waals surface area (Å²) < 4.78 is 34.9. The van der Waals surface area contributed by atoms with E-state index in [2.05, 4.69) is 16.1 Å². The van der Waals surface area contributed by atoms with Crippen LogP contribution in [0.1, 0.15) is 23.0 Å². The average molecular weight is 655 g/mol. The minimum Gasteiger partial charge on any atom is -0.409 e. The van der Waals surface area contributed by atoms with Crippen LogP contribution in [0.3, 0.4) is 0 Å². The monoisotopic (exact) mass is 655 g/mol. The summed E-state index contributed by atoms with van der Waals surface area (Å²) in [5.41, 5.74) is 2.72. The van der Waals surface area contributed by atoms with Crippen molar-refractivity contribution >= 4 is 28.2 Å². The molecule has 3 nitrogen and oxygen atoms in total. The Morgan fingerprint density at radius 1 is 1.26 bits per heavy atom. The van der Waals surface area contributed by atoms with Crippen LogP contribution in [0.5, 0.6) is 0 Å².